The summed E-state index contributed by atoms with van der Waals surface area (Å²) in [5.41, 5.74) is 0. The Balaban J connectivity index is 0.00000112. The van der Waals surface area contributed by atoms with Crippen LogP contribution in [0.15, 0.2) is 54.6 Å². The van der Waals surface area contributed by atoms with Gasteiger partial charge in [0.2, 0.25) is 0 Å². The predicted molar refractivity (Wildman–Crippen MR) is 52.4 cm³/mol. The van der Waals surface area contributed by atoms with Gasteiger partial charge >= 0.3 is 68.9 Å². The molecular weight excluding hydrogens is 309 g/mol. The Bertz CT molecular complexity index is 398. The average molecular weight is 318 g/mol. The quantitative estimate of drug-likeness (QED) is 0.752. The Morgan fingerprint density at radius 1 is 0.733 bits per heavy atom. The van der Waals surface area contributed by atoms with Crippen LogP contribution in [0, 0.1) is 0 Å². The van der Waals surface area contributed by atoms with Gasteiger partial charge in [-0.1, -0.05) is 30.3 Å². The number of ether oxygens (including phenoxy) is 1. The molecule has 0 bridgehead atoms. The summed E-state index contributed by atoms with van der Waals surface area (Å²) in [5.74, 6) is 1.44. The summed E-state index contributed by atoms with van der Waals surface area (Å²) >= 11 is 0. The van der Waals surface area contributed by atoms with Crippen molar-refractivity contribution in [2.24, 2.45) is 0 Å². The van der Waals surface area contributed by atoms with Gasteiger partial charge in [-0.3, -0.25) is 0 Å². The second-order valence-electron chi connectivity index (χ2n) is 2.89. The van der Waals surface area contributed by atoms with Crippen molar-refractivity contribution in [3.63, 3.8) is 0 Å². The summed E-state index contributed by atoms with van der Waals surface area (Å²) in [6.45, 7) is 0. The van der Waals surface area contributed by atoms with Crippen LogP contribution in [-0.4, -0.2) is 0 Å². The van der Waals surface area contributed by atoms with E-state index in [1.54, 1.807) is 12.1 Å². The van der Waals surface area contributed by atoms with Gasteiger partial charge in [0.15, 0.2) is 0 Å². The van der Waals surface area contributed by atoms with Crippen LogP contribution >= 0.6 is 0 Å². The zero-order valence-electron chi connectivity index (χ0n) is 8.51. The number of rotatable bonds is 2. The first kappa shape index (κ1) is 13.2. The van der Waals surface area contributed by atoms with E-state index in [1.165, 1.54) is 12.1 Å². The van der Waals surface area contributed by atoms with Gasteiger partial charge < -0.3 is 9.84 Å². The standard InChI is InChI=1S/C12H10O2.Cs/c13-10-6-8-12(9-7-10)14-11-4-2-1-3-5-11;/h1-9,13H;/q;+1/p-1. The van der Waals surface area contributed by atoms with Crippen molar-refractivity contribution < 1.29 is 78.7 Å². The minimum atomic E-state index is -0.00888. The van der Waals surface area contributed by atoms with Crippen LogP contribution in [0.4, 0.5) is 0 Å². The van der Waals surface area contributed by atoms with Crippen LogP contribution < -0.4 is 78.7 Å². The van der Waals surface area contributed by atoms with Gasteiger partial charge in [-0.05, 0) is 24.3 Å². The van der Waals surface area contributed by atoms with E-state index in [9.17, 15) is 5.11 Å². The van der Waals surface area contributed by atoms with E-state index >= 15 is 0 Å². The van der Waals surface area contributed by atoms with Crippen LogP contribution in [0.2, 0.25) is 0 Å². The summed E-state index contributed by atoms with van der Waals surface area (Å²) in [6, 6.07) is 15.7. The van der Waals surface area contributed by atoms with E-state index in [4.69, 9.17) is 4.74 Å². The molecular formula is C12H9CsO2. The molecule has 70 valence electrons. The zero-order chi connectivity index (χ0) is 9.80. The van der Waals surface area contributed by atoms with E-state index in [1.807, 2.05) is 30.3 Å². The molecule has 0 radical (unpaired) electrons. The first-order valence-electron chi connectivity index (χ1n) is 4.34. The Kier molecular flexibility index (Phi) is 5.81. The monoisotopic (exact) mass is 318 g/mol. The third-order valence-corrected chi connectivity index (χ3v) is 1.80. The third-order valence-electron chi connectivity index (χ3n) is 1.80. The molecule has 0 unspecified atom stereocenters. The van der Waals surface area contributed by atoms with E-state index in [2.05, 4.69) is 0 Å². The second-order valence-corrected chi connectivity index (χ2v) is 2.89. The molecule has 3 heteroatoms. The summed E-state index contributed by atoms with van der Waals surface area (Å²) in [6.07, 6.45) is 0. The molecule has 2 aromatic rings. The van der Waals surface area contributed by atoms with Crippen molar-refractivity contribution in [2.75, 3.05) is 0 Å². The Labute approximate surface area is 148 Å². The largest absolute Gasteiger partial charge is 1.00 e. The van der Waals surface area contributed by atoms with Gasteiger partial charge in [-0.15, -0.1) is 5.75 Å². The molecule has 0 N–H and O–H groups in total. The summed E-state index contributed by atoms with van der Waals surface area (Å²) in [5, 5.41) is 10.8. The molecule has 0 atom stereocenters. The van der Waals surface area contributed by atoms with E-state index in [0.29, 0.717) is 5.75 Å². The van der Waals surface area contributed by atoms with Crippen LogP contribution in [0.25, 0.3) is 0 Å². The van der Waals surface area contributed by atoms with Crippen molar-refractivity contribution in [1.29, 1.82) is 0 Å². The first-order chi connectivity index (χ1) is 6.84. The Hall–Kier alpha value is 0.0919. The normalized spacial score (nSPS) is 9.07. The molecule has 2 aromatic carbocycles. The van der Waals surface area contributed by atoms with Crippen LogP contribution in [0.5, 0.6) is 17.2 Å². The molecule has 0 aromatic heterocycles. The SMILES string of the molecule is [Cs+].[O-]c1ccc(Oc2ccccc2)cc1. The summed E-state index contributed by atoms with van der Waals surface area (Å²) < 4.78 is 5.49. The van der Waals surface area contributed by atoms with Gasteiger partial charge in [0.05, 0.1) is 0 Å². The molecule has 0 saturated carbocycles. The van der Waals surface area contributed by atoms with Crippen LogP contribution in [-0.2, 0) is 0 Å². The van der Waals surface area contributed by atoms with Crippen molar-refractivity contribution in [1.82, 2.24) is 0 Å². The van der Waals surface area contributed by atoms with Crippen molar-refractivity contribution >= 4 is 0 Å². The Morgan fingerprint density at radius 3 is 1.87 bits per heavy atom. The maximum absolute atomic E-state index is 10.8. The summed E-state index contributed by atoms with van der Waals surface area (Å²) in [7, 11) is 0. The van der Waals surface area contributed by atoms with Gasteiger partial charge in [0.25, 0.3) is 0 Å². The van der Waals surface area contributed by atoms with Crippen molar-refractivity contribution in [3.05, 3.63) is 54.6 Å². The van der Waals surface area contributed by atoms with Crippen LogP contribution in [0.1, 0.15) is 0 Å². The minimum Gasteiger partial charge on any atom is -0.872 e. The topological polar surface area (TPSA) is 32.3 Å². The number of benzene rings is 2. The molecule has 2 nitrogen and oxygen atoms in total. The number of hydrogen-bond acceptors (Lipinski definition) is 2. The van der Waals surface area contributed by atoms with Gasteiger partial charge in [-0.2, -0.15) is 0 Å². The molecule has 0 aliphatic heterocycles. The van der Waals surface area contributed by atoms with E-state index < -0.39 is 0 Å². The molecule has 0 fully saturated rings. The van der Waals surface area contributed by atoms with E-state index in [0.717, 1.165) is 5.75 Å². The third kappa shape index (κ3) is 4.22. The molecule has 15 heavy (non-hydrogen) atoms. The molecule has 0 aliphatic carbocycles. The molecule has 0 amide bonds. The maximum atomic E-state index is 10.8. The second kappa shape index (κ2) is 6.63. The van der Waals surface area contributed by atoms with Crippen molar-refractivity contribution in [2.45, 2.75) is 0 Å². The fourth-order valence-electron chi connectivity index (χ4n) is 1.13. The molecule has 0 aliphatic rings. The fraction of sp³-hybridized carbons (Fsp3) is 0. The molecule has 0 heterocycles. The molecule has 0 saturated heterocycles. The maximum Gasteiger partial charge on any atom is 1.00 e. The van der Waals surface area contributed by atoms with Gasteiger partial charge in [0, 0.05) is 0 Å². The number of hydrogen-bond donors (Lipinski definition) is 0. The van der Waals surface area contributed by atoms with Crippen molar-refractivity contribution in [3.8, 4) is 17.2 Å². The zero-order valence-corrected chi connectivity index (χ0v) is 14.8. The van der Waals surface area contributed by atoms with Gasteiger partial charge in [0.1, 0.15) is 11.5 Å². The number of para-hydroxylation sites is 1. The first-order valence-corrected chi connectivity index (χ1v) is 4.34. The fourth-order valence-corrected chi connectivity index (χ4v) is 1.13. The summed E-state index contributed by atoms with van der Waals surface area (Å²) in [4.78, 5) is 0. The average Bonchev–Trinajstić information content (AvgIpc) is 2.23. The Morgan fingerprint density at radius 2 is 1.27 bits per heavy atom. The smallest absolute Gasteiger partial charge is 0.872 e. The minimum absolute atomic E-state index is 0. The predicted octanol–water partition coefficient (Wildman–Crippen LogP) is -0.444. The van der Waals surface area contributed by atoms with Crippen LogP contribution in [0.3, 0.4) is 0 Å². The molecule has 0 spiro atoms. The van der Waals surface area contributed by atoms with Gasteiger partial charge in [-0.25, -0.2) is 0 Å². The van der Waals surface area contributed by atoms with E-state index in [-0.39, 0.29) is 74.6 Å². The molecule has 2 rings (SSSR count).